The third kappa shape index (κ3) is 4.57. The van der Waals surface area contributed by atoms with Gasteiger partial charge in [-0.3, -0.25) is 4.79 Å². The van der Waals surface area contributed by atoms with E-state index in [2.05, 4.69) is 33.4 Å². The zero-order valence-corrected chi connectivity index (χ0v) is 14.5. The number of amides is 1. The van der Waals surface area contributed by atoms with Crippen LogP contribution in [0.1, 0.15) is 31.6 Å². The minimum Gasteiger partial charge on any atom is -0.368 e. The molecule has 3 nitrogen and oxygen atoms in total. The summed E-state index contributed by atoms with van der Waals surface area (Å²) in [7, 11) is 0. The number of morpholine rings is 1. The van der Waals surface area contributed by atoms with Gasteiger partial charge in [-0.1, -0.05) is 22.0 Å². The van der Waals surface area contributed by atoms with Crippen LogP contribution in [-0.4, -0.2) is 40.9 Å². The fourth-order valence-electron chi connectivity index (χ4n) is 2.59. The summed E-state index contributed by atoms with van der Waals surface area (Å²) in [6, 6.07) is 4.20. The van der Waals surface area contributed by atoms with Gasteiger partial charge in [0.15, 0.2) is 0 Å². The minimum atomic E-state index is -0.250. The summed E-state index contributed by atoms with van der Waals surface area (Å²) in [6.45, 7) is 5.49. The fraction of sp³-hybridized carbons (Fsp3) is 0.667. The maximum Gasteiger partial charge on any atom is 0.222 e. The molecule has 0 aromatic carbocycles. The van der Waals surface area contributed by atoms with Crippen LogP contribution < -0.4 is 0 Å². The zero-order chi connectivity index (χ0) is 14.6. The fourth-order valence-corrected chi connectivity index (χ4v) is 3.68. The average molecular weight is 360 g/mol. The summed E-state index contributed by atoms with van der Waals surface area (Å²) in [5.74, 6) is 0.254. The van der Waals surface area contributed by atoms with Crippen molar-refractivity contribution in [2.24, 2.45) is 0 Å². The molecule has 112 valence electrons. The Morgan fingerprint density at radius 3 is 3.05 bits per heavy atom. The first-order valence-corrected chi connectivity index (χ1v) is 9.04. The maximum atomic E-state index is 12.3. The Morgan fingerprint density at radius 2 is 2.40 bits per heavy atom. The summed E-state index contributed by atoms with van der Waals surface area (Å²) in [5, 5.41) is 2.86. The van der Waals surface area contributed by atoms with Gasteiger partial charge in [0.25, 0.3) is 0 Å². The number of nitrogens with zero attached hydrogens (tertiary/aromatic N) is 1. The van der Waals surface area contributed by atoms with E-state index >= 15 is 0 Å². The van der Waals surface area contributed by atoms with Crippen molar-refractivity contribution in [2.45, 2.75) is 44.8 Å². The molecule has 5 heteroatoms. The lowest BCUT2D eigenvalue weighted by Crippen LogP contribution is -2.55. The van der Waals surface area contributed by atoms with Gasteiger partial charge in [-0.05, 0) is 38.1 Å². The highest BCUT2D eigenvalue weighted by atomic mass is 79.9. The van der Waals surface area contributed by atoms with Gasteiger partial charge in [0.2, 0.25) is 5.91 Å². The molecule has 1 unspecified atom stereocenters. The second kappa shape index (κ2) is 7.05. The lowest BCUT2D eigenvalue weighted by molar-refractivity contribution is -0.157. The normalized spacial score (nSPS) is 21.9. The summed E-state index contributed by atoms with van der Waals surface area (Å²) < 4.78 is 5.93. The molecule has 1 saturated heterocycles. The van der Waals surface area contributed by atoms with E-state index in [4.69, 9.17) is 4.74 Å². The Kier molecular flexibility index (Phi) is 5.64. The van der Waals surface area contributed by atoms with Crippen molar-refractivity contribution in [3.63, 3.8) is 0 Å². The third-order valence-electron chi connectivity index (χ3n) is 3.40. The van der Waals surface area contributed by atoms with Crippen molar-refractivity contribution in [3.05, 3.63) is 22.4 Å². The first-order chi connectivity index (χ1) is 9.50. The van der Waals surface area contributed by atoms with Gasteiger partial charge in [0, 0.05) is 29.7 Å². The Balaban J connectivity index is 1.81. The summed E-state index contributed by atoms with van der Waals surface area (Å²) in [6.07, 6.45) is 2.65. The number of carbonyl (C=O) groups is 1. The van der Waals surface area contributed by atoms with E-state index in [9.17, 15) is 4.79 Å². The van der Waals surface area contributed by atoms with Crippen molar-refractivity contribution < 1.29 is 9.53 Å². The predicted octanol–water partition coefficient (Wildman–Crippen LogP) is 3.47. The van der Waals surface area contributed by atoms with Crippen LogP contribution in [0, 0.1) is 0 Å². The van der Waals surface area contributed by atoms with E-state index in [1.165, 1.54) is 4.88 Å². The average Bonchev–Trinajstić information content (AvgIpc) is 2.89. The molecule has 0 N–H and O–H groups in total. The molecule has 0 radical (unpaired) electrons. The Bertz CT molecular complexity index is 433. The zero-order valence-electron chi connectivity index (χ0n) is 12.1. The number of alkyl halides is 1. The molecule has 0 saturated carbocycles. The largest absolute Gasteiger partial charge is 0.368 e. The number of carbonyl (C=O) groups excluding carboxylic acids is 1. The number of aryl methyl sites for hydroxylation is 1. The highest BCUT2D eigenvalue weighted by molar-refractivity contribution is 9.09. The highest BCUT2D eigenvalue weighted by Gasteiger charge is 2.34. The Labute approximate surface area is 133 Å². The van der Waals surface area contributed by atoms with E-state index < -0.39 is 0 Å². The van der Waals surface area contributed by atoms with Gasteiger partial charge in [-0.15, -0.1) is 11.3 Å². The van der Waals surface area contributed by atoms with E-state index in [0.717, 1.165) is 18.2 Å². The number of ether oxygens (including phenoxy) is 1. The monoisotopic (exact) mass is 359 g/mol. The molecule has 0 bridgehead atoms. The molecule has 1 aromatic heterocycles. The molecular weight excluding hydrogens is 338 g/mol. The molecule has 20 heavy (non-hydrogen) atoms. The van der Waals surface area contributed by atoms with Gasteiger partial charge in [-0.25, -0.2) is 0 Å². The van der Waals surface area contributed by atoms with Crippen LogP contribution >= 0.6 is 27.3 Å². The van der Waals surface area contributed by atoms with Crippen molar-refractivity contribution in [1.82, 2.24) is 4.90 Å². The summed E-state index contributed by atoms with van der Waals surface area (Å²) >= 11 is 5.22. The number of halogens is 1. The molecule has 0 aliphatic carbocycles. The number of hydrogen-bond acceptors (Lipinski definition) is 3. The minimum absolute atomic E-state index is 0.0972. The SMILES string of the molecule is CC1(C)CN(C(=O)CCCc2cccs2)CC(CBr)O1. The van der Waals surface area contributed by atoms with Crippen molar-refractivity contribution in [2.75, 3.05) is 18.4 Å². The summed E-state index contributed by atoms with van der Waals surface area (Å²) in [5.41, 5.74) is -0.250. The maximum absolute atomic E-state index is 12.3. The Hall–Kier alpha value is -0.390. The molecule has 1 aliphatic heterocycles. The lowest BCUT2D eigenvalue weighted by Gasteiger charge is -2.42. The summed E-state index contributed by atoms with van der Waals surface area (Å²) in [4.78, 5) is 15.7. The van der Waals surface area contributed by atoms with Gasteiger partial charge < -0.3 is 9.64 Å². The van der Waals surface area contributed by atoms with E-state index in [-0.39, 0.29) is 17.6 Å². The lowest BCUT2D eigenvalue weighted by atomic mass is 10.0. The third-order valence-corrected chi connectivity index (χ3v) is 5.06. The second-order valence-corrected chi connectivity index (χ2v) is 7.54. The molecule has 1 fully saturated rings. The van der Waals surface area contributed by atoms with E-state index in [1.54, 1.807) is 11.3 Å². The van der Waals surface area contributed by atoms with Crippen LogP contribution in [0.25, 0.3) is 0 Å². The first-order valence-electron chi connectivity index (χ1n) is 7.04. The van der Waals surface area contributed by atoms with Crippen molar-refractivity contribution >= 4 is 33.2 Å². The van der Waals surface area contributed by atoms with Gasteiger partial charge in [0.05, 0.1) is 11.7 Å². The van der Waals surface area contributed by atoms with Crippen molar-refractivity contribution in [1.29, 1.82) is 0 Å². The van der Waals surface area contributed by atoms with E-state index in [1.807, 2.05) is 18.7 Å². The van der Waals surface area contributed by atoms with Crippen molar-refractivity contribution in [3.8, 4) is 0 Å². The van der Waals surface area contributed by atoms with Crippen LogP contribution in [0.15, 0.2) is 17.5 Å². The highest BCUT2D eigenvalue weighted by Crippen LogP contribution is 2.23. The van der Waals surface area contributed by atoms with Gasteiger partial charge >= 0.3 is 0 Å². The van der Waals surface area contributed by atoms with Crippen LogP contribution in [-0.2, 0) is 16.0 Å². The number of hydrogen-bond donors (Lipinski definition) is 0. The first kappa shape index (κ1) is 16.0. The molecule has 2 heterocycles. The molecule has 2 rings (SSSR count). The molecule has 1 atom stereocenters. The predicted molar refractivity (Wildman–Crippen MR) is 86.6 cm³/mol. The van der Waals surface area contributed by atoms with Crippen LogP contribution in [0.5, 0.6) is 0 Å². The van der Waals surface area contributed by atoms with E-state index in [0.29, 0.717) is 19.5 Å². The second-order valence-electron chi connectivity index (χ2n) is 5.86. The smallest absolute Gasteiger partial charge is 0.222 e. The van der Waals surface area contributed by atoms with Gasteiger partial charge in [0.1, 0.15) is 0 Å². The molecule has 1 aliphatic rings. The molecule has 0 spiro atoms. The topological polar surface area (TPSA) is 29.5 Å². The van der Waals surface area contributed by atoms with Crippen LogP contribution in [0.2, 0.25) is 0 Å². The standard InChI is InChI=1S/C15H22BrNO2S/c1-15(2)11-17(10-12(9-16)19-15)14(18)7-3-5-13-6-4-8-20-13/h4,6,8,12H,3,5,7,9-11H2,1-2H3. The van der Waals surface area contributed by atoms with Crippen LogP contribution in [0.3, 0.4) is 0 Å². The molecule has 1 amide bonds. The van der Waals surface area contributed by atoms with Crippen LogP contribution in [0.4, 0.5) is 0 Å². The molecule has 1 aromatic rings. The van der Waals surface area contributed by atoms with Gasteiger partial charge in [-0.2, -0.15) is 0 Å². The molecular formula is C15H22BrNO2S. The quantitative estimate of drug-likeness (QED) is 0.753. The number of rotatable bonds is 5. The Morgan fingerprint density at radius 1 is 1.60 bits per heavy atom. The number of thiophene rings is 1.